The highest BCUT2D eigenvalue weighted by Gasteiger charge is 2.71. The van der Waals surface area contributed by atoms with E-state index in [9.17, 15) is 23.1 Å². The molecule has 0 bridgehead atoms. The molecule has 6 saturated carbocycles. The van der Waals surface area contributed by atoms with Crippen LogP contribution in [0.1, 0.15) is 133 Å². The largest absolute Gasteiger partial charge is 0.481 e. The molecule has 0 spiro atoms. The highest BCUT2D eigenvalue weighted by molar-refractivity contribution is 7.91. The van der Waals surface area contributed by atoms with Crippen LogP contribution in [0.25, 0.3) is 0 Å². The molecule has 0 amide bonds. The fourth-order valence-electron chi connectivity index (χ4n) is 16.4. The summed E-state index contributed by atoms with van der Waals surface area (Å²) in [6.45, 7) is 30.3. The lowest BCUT2D eigenvalue weighted by molar-refractivity contribution is -0.248. The second kappa shape index (κ2) is 19.3. The molecule has 14 atom stereocenters. The highest BCUT2D eigenvalue weighted by atomic mass is 32.2. The van der Waals surface area contributed by atoms with Crippen LogP contribution in [-0.2, 0) is 43.1 Å². The number of nitrogens with zero attached hydrogens (tertiary/aromatic N) is 1. The van der Waals surface area contributed by atoms with Gasteiger partial charge in [0.25, 0.3) is 0 Å². The van der Waals surface area contributed by atoms with Gasteiger partial charge in [0, 0.05) is 43.7 Å². The zero-order chi connectivity index (χ0) is 47.4. The molecule has 12 nitrogen and oxygen atoms in total. The Balaban J connectivity index is 1.05. The molecule has 7 fully saturated rings. The number of nitrogens with one attached hydrogen (secondary N) is 1. The third kappa shape index (κ3) is 9.30. The second-order valence-electron chi connectivity index (χ2n) is 24.1. The Morgan fingerprint density at radius 3 is 2.08 bits per heavy atom. The molecule has 7 aliphatic rings. The summed E-state index contributed by atoms with van der Waals surface area (Å²) in [4.78, 5) is 27.9. The summed E-state index contributed by atoms with van der Waals surface area (Å²) in [6.07, 6.45) is 11.3. The summed E-state index contributed by atoms with van der Waals surface area (Å²) in [5.41, 5.74) is 0.951. The van der Waals surface area contributed by atoms with E-state index < -0.39 is 27.1 Å². The molecule has 2 N–H and O–H groups in total. The van der Waals surface area contributed by atoms with Crippen molar-refractivity contribution in [1.82, 2.24) is 10.2 Å². The van der Waals surface area contributed by atoms with E-state index in [1.807, 2.05) is 13.8 Å². The lowest BCUT2D eigenvalue weighted by Gasteiger charge is -2.73. The molecule has 0 radical (unpaired) electrons. The van der Waals surface area contributed by atoms with Gasteiger partial charge in [-0.1, -0.05) is 60.6 Å². The topological polar surface area (TPSA) is 150 Å². The minimum absolute atomic E-state index is 0.0206. The maximum atomic E-state index is 13.7. The van der Waals surface area contributed by atoms with E-state index in [0.717, 1.165) is 45.1 Å². The molecule has 1 heterocycles. The number of rotatable bonds is 19. The molecule has 0 aromatic carbocycles. The van der Waals surface area contributed by atoms with Crippen LogP contribution in [-0.4, -0.2) is 132 Å². The fourth-order valence-corrected chi connectivity index (χ4v) is 17.7. The van der Waals surface area contributed by atoms with Gasteiger partial charge in [-0.25, -0.2) is 8.42 Å². The maximum absolute atomic E-state index is 13.7. The Labute approximate surface area is 392 Å². The number of fused-ring (bicyclic) bond motifs is 7. The number of carboxylic acid groups (broad SMARTS) is 1. The number of ether oxygens (including phenoxy) is 5. The van der Waals surface area contributed by atoms with Crippen LogP contribution in [0.3, 0.4) is 0 Å². The van der Waals surface area contributed by atoms with E-state index in [4.69, 9.17) is 23.7 Å². The first kappa shape index (κ1) is 51.2. The smallest absolute Gasteiger partial charge is 0.309 e. The van der Waals surface area contributed by atoms with Crippen molar-refractivity contribution in [3.05, 3.63) is 12.2 Å². The fraction of sp³-hybridized carbons (Fsp3) is 0.923. The molecule has 6 aliphatic carbocycles. The predicted molar refractivity (Wildman–Crippen MR) is 253 cm³/mol. The number of sulfone groups is 1. The van der Waals surface area contributed by atoms with Crippen molar-refractivity contribution in [2.45, 2.75) is 157 Å². The molecule has 372 valence electrons. The number of aliphatic carboxylic acids is 1. The van der Waals surface area contributed by atoms with Gasteiger partial charge < -0.3 is 34.1 Å². The van der Waals surface area contributed by atoms with E-state index >= 15 is 0 Å². The molecule has 1 aliphatic heterocycles. The van der Waals surface area contributed by atoms with Gasteiger partial charge in [0.1, 0.15) is 6.10 Å². The number of carboxylic acids is 1. The van der Waals surface area contributed by atoms with Gasteiger partial charge >= 0.3 is 11.9 Å². The first-order valence-electron chi connectivity index (χ1n) is 25.5. The van der Waals surface area contributed by atoms with Crippen LogP contribution in [0.2, 0.25) is 0 Å². The Hall–Kier alpha value is -1.61. The number of esters is 1. The summed E-state index contributed by atoms with van der Waals surface area (Å²) in [5.74, 6) is 0.956. The lowest BCUT2D eigenvalue weighted by atomic mass is 9.32. The quantitative estimate of drug-likeness (QED) is 0.0739. The van der Waals surface area contributed by atoms with E-state index in [0.29, 0.717) is 88.7 Å². The van der Waals surface area contributed by atoms with Crippen LogP contribution in [0, 0.1) is 68.5 Å². The van der Waals surface area contributed by atoms with Gasteiger partial charge in [0.05, 0.1) is 69.1 Å². The molecular formula is C52H88N2O10S. The van der Waals surface area contributed by atoms with Crippen molar-refractivity contribution in [1.29, 1.82) is 0 Å². The average Bonchev–Trinajstić information content (AvgIpc) is 3.61. The van der Waals surface area contributed by atoms with Crippen molar-refractivity contribution in [3.63, 3.8) is 0 Å². The van der Waals surface area contributed by atoms with Crippen molar-refractivity contribution in [2.24, 2.45) is 68.5 Å². The van der Waals surface area contributed by atoms with Crippen LogP contribution < -0.4 is 5.32 Å². The van der Waals surface area contributed by atoms with E-state index in [1.165, 1.54) is 31.3 Å². The molecular weight excluding hydrogens is 845 g/mol. The summed E-state index contributed by atoms with van der Waals surface area (Å²) in [5, 5.41) is 14.0. The summed E-state index contributed by atoms with van der Waals surface area (Å²) in [6, 6.07) is 0.0261. The molecule has 0 aromatic heterocycles. The molecule has 0 unspecified atom stereocenters. The minimum atomic E-state index is -3.04. The van der Waals surface area contributed by atoms with Gasteiger partial charge in [0.15, 0.2) is 9.84 Å². The predicted octanol–water partition coefficient (Wildman–Crippen LogP) is 7.83. The maximum Gasteiger partial charge on any atom is 0.309 e. The van der Waals surface area contributed by atoms with Crippen molar-refractivity contribution < 1.29 is 46.8 Å². The van der Waals surface area contributed by atoms with Crippen LogP contribution >= 0.6 is 0 Å². The molecule has 0 aromatic rings. The monoisotopic (exact) mass is 933 g/mol. The van der Waals surface area contributed by atoms with E-state index in [-0.39, 0.29) is 68.8 Å². The zero-order valence-corrected chi connectivity index (χ0v) is 42.8. The summed E-state index contributed by atoms with van der Waals surface area (Å²) < 4.78 is 54.6. The van der Waals surface area contributed by atoms with Crippen molar-refractivity contribution >= 4 is 21.8 Å². The SMILES string of the molecule is C=C(C)[C@@H]1CC[C@]2(NC[C@H]([C@@H](C)OCCOCCOCCOC)N3CCS(=O)(=O)CC3)CC[C@]3(C)[C@H](CC[C@@H]4[C@@]5(C)CC[C@H](OC(=O)[C@H]6C[C@@H](C(=O)O)C6(C)C)C(C)(C)[C@@H]5CC[C@]43C)[C@@H]12. The number of hydrogen-bond donors (Lipinski definition) is 2. The number of carbonyl (C=O) groups excluding carboxylic acids is 1. The Morgan fingerprint density at radius 2 is 1.45 bits per heavy atom. The molecule has 7 rings (SSSR count). The van der Waals surface area contributed by atoms with E-state index in [2.05, 4.69) is 65.3 Å². The number of allylic oxidation sites excluding steroid dienone is 1. The van der Waals surface area contributed by atoms with Crippen LogP contribution in [0.15, 0.2) is 12.2 Å². The van der Waals surface area contributed by atoms with Gasteiger partial charge in [-0.15, -0.1) is 0 Å². The second-order valence-corrected chi connectivity index (χ2v) is 26.4. The summed E-state index contributed by atoms with van der Waals surface area (Å²) >= 11 is 0. The number of carbonyl (C=O) groups is 2. The van der Waals surface area contributed by atoms with Crippen molar-refractivity contribution in [2.75, 3.05) is 77.9 Å². The zero-order valence-electron chi connectivity index (χ0n) is 42.0. The van der Waals surface area contributed by atoms with E-state index in [1.54, 1.807) is 7.11 Å². The first-order chi connectivity index (χ1) is 30.5. The highest BCUT2D eigenvalue weighted by Crippen LogP contribution is 2.76. The van der Waals surface area contributed by atoms with Gasteiger partial charge in [-0.2, -0.15) is 0 Å². The molecule has 1 saturated heterocycles. The van der Waals surface area contributed by atoms with Gasteiger partial charge in [-0.3, -0.25) is 14.5 Å². The first-order valence-corrected chi connectivity index (χ1v) is 27.4. The Kier molecular flexibility index (Phi) is 15.2. The Bertz CT molecular complexity index is 1830. The Morgan fingerprint density at radius 1 is 0.785 bits per heavy atom. The molecule has 13 heteroatoms. The third-order valence-electron chi connectivity index (χ3n) is 20.6. The standard InChI is InChI=1S/C52H88N2O10S/c1-34(2)36-14-19-52(53-33-40(54-22-30-65(58,59)31-23-54)35(3)63-29-28-62-27-26-61-25-24-60-11)21-20-50(9)37(44(36)52)12-13-42-49(8)17-16-43(48(6,7)41(49)15-18-51(42,50)10)64-46(57)39-32-38(45(55)56)47(39,4)5/h35-44,53H,1,12-33H2,2-11H3,(H,55,56)/t35-,36+,37-,38+,39-,40-,41+,42-,43+,44-,49+,50-,51-,52+/m1/s1. The van der Waals surface area contributed by atoms with Gasteiger partial charge in [0.2, 0.25) is 0 Å². The number of hydrogen-bond acceptors (Lipinski definition) is 11. The van der Waals surface area contributed by atoms with Crippen molar-refractivity contribution in [3.8, 4) is 0 Å². The third-order valence-corrected chi connectivity index (χ3v) is 22.2. The average molecular weight is 933 g/mol. The van der Waals surface area contributed by atoms with Crippen LogP contribution in [0.4, 0.5) is 0 Å². The summed E-state index contributed by atoms with van der Waals surface area (Å²) in [7, 11) is -1.38. The van der Waals surface area contributed by atoms with Crippen LogP contribution in [0.5, 0.6) is 0 Å². The lowest BCUT2D eigenvalue weighted by Crippen LogP contribution is -2.69. The number of methoxy groups -OCH3 is 1. The van der Waals surface area contributed by atoms with Gasteiger partial charge in [-0.05, 0) is 136 Å². The normalized spacial score (nSPS) is 41.4. The molecule has 65 heavy (non-hydrogen) atoms. The minimum Gasteiger partial charge on any atom is -0.481 e.